The minimum Gasteiger partial charge on any atom is -0.347 e. The van der Waals surface area contributed by atoms with Gasteiger partial charge in [-0.15, -0.1) is 11.3 Å². The number of rotatable bonds is 4. The van der Waals surface area contributed by atoms with Gasteiger partial charge in [-0.1, -0.05) is 5.16 Å². The van der Waals surface area contributed by atoms with E-state index in [1.54, 1.807) is 48.7 Å². The Labute approximate surface area is 131 Å². The van der Waals surface area contributed by atoms with Gasteiger partial charge in [0.1, 0.15) is 0 Å². The summed E-state index contributed by atoms with van der Waals surface area (Å²) in [6.07, 6.45) is 1.78. The summed E-state index contributed by atoms with van der Waals surface area (Å²) < 4.78 is 5.09. The number of hydrogen-bond acceptors (Lipinski definition) is 6. The van der Waals surface area contributed by atoms with E-state index < -0.39 is 0 Å². The molecule has 7 heteroatoms. The molecule has 22 heavy (non-hydrogen) atoms. The molecule has 1 aromatic carbocycles. The first-order valence-electron chi connectivity index (χ1n) is 6.72. The Kier molecular flexibility index (Phi) is 3.97. The third kappa shape index (κ3) is 3.20. The van der Waals surface area contributed by atoms with Crippen LogP contribution in [0.5, 0.6) is 0 Å². The molecule has 0 aliphatic rings. The van der Waals surface area contributed by atoms with Crippen molar-refractivity contribution in [1.82, 2.24) is 20.4 Å². The van der Waals surface area contributed by atoms with Crippen molar-refractivity contribution in [3.8, 4) is 11.5 Å². The SMILES string of the molecule is Cc1noc(-c2ccc(C(=O)NCc3cnc(C)s3)cc2)n1. The zero-order valence-corrected chi connectivity index (χ0v) is 13.0. The number of nitrogens with one attached hydrogen (secondary N) is 1. The summed E-state index contributed by atoms with van der Waals surface area (Å²) in [7, 11) is 0. The smallest absolute Gasteiger partial charge is 0.257 e. The van der Waals surface area contributed by atoms with Crippen molar-refractivity contribution in [2.75, 3.05) is 0 Å². The van der Waals surface area contributed by atoms with E-state index in [2.05, 4.69) is 20.4 Å². The molecule has 6 nitrogen and oxygen atoms in total. The predicted octanol–water partition coefficient (Wildman–Crippen LogP) is 2.74. The van der Waals surface area contributed by atoms with Crippen LogP contribution in [0.25, 0.3) is 11.5 Å². The van der Waals surface area contributed by atoms with Crippen molar-refractivity contribution in [1.29, 1.82) is 0 Å². The molecule has 0 aliphatic heterocycles. The number of benzene rings is 1. The van der Waals surface area contributed by atoms with Gasteiger partial charge in [0.25, 0.3) is 11.8 Å². The van der Waals surface area contributed by atoms with Crippen molar-refractivity contribution in [2.45, 2.75) is 20.4 Å². The fourth-order valence-corrected chi connectivity index (χ4v) is 2.67. The first kappa shape index (κ1) is 14.4. The molecule has 0 aliphatic carbocycles. The van der Waals surface area contributed by atoms with Gasteiger partial charge in [-0.2, -0.15) is 4.98 Å². The van der Waals surface area contributed by atoms with Crippen LogP contribution in [0.15, 0.2) is 35.0 Å². The summed E-state index contributed by atoms with van der Waals surface area (Å²) in [5, 5.41) is 7.61. The molecule has 0 unspecified atom stereocenters. The van der Waals surface area contributed by atoms with Crippen LogP contribution in [0.2, 0.25) is 0 Å². The van der Waals surface area contributed by atoms with Crippen molar-refractivity contribution in [3.63, 3.8) is 0 Å². The summed E-state index contributed by atoms with van der Waals surface area (Å²) in [5.41, 5.74) is 1.37. The monoisotopic (exact) mass is 314 g/mol. The van der Waals surface area contributed by atoms with Crippen LogP contribution < -0.4 is 5.32 Å². The Balaban J connectivity index is 1.65. The Morgan fingerprint density at radius 3 is 2.64 bits per heavy atom. The second kappa shape index (κ2) is 6.07. The van der Waals surface area contributed by atoms with Gasteiger partial charge in [-0.3, -0.25) is 4.79 Å². The number of nitrogens with zero attached hydrogens (tertiary/aromatic N) is 3. The van der Waals surface area contributed by atoms with E-state index in [-0.39, 0.29) is 5.91 Å². The maximum absolute atomic E-state index is 12.1. The Morgan fingerprint density at radius 2 is 2.05 bits per heavy atom. The highest BCUT2D eigenvalue weighted by molar-refractivity contribution is 7.11. The normalized spacial score (nSPS) is 10.6. The number of aromatic nitrogens is 3. The minimum atomic E-state index is -0.126. The maximum atomic E-state index is 12.1. The molecule has 2 heterocycles. The highest BCUT2D eigenvalue weighted by Gasteiger charge is 2.09. The molecule has 0 spiro atoms. The first-order valence-corrected chi connectivity index (χ1v) is 7.54. The Morgan fingerprint density at radius 1 is 1.27 bits per heavy atom. The van der Waals surface area contributed by atoms with Gasteiger partial charge in [-0.25, -0.2) is 4.98 Å². The molecule has 0 atom stereocenters. The molecular weight excluding hydrogens is 300 g/mol. The van der Waals surface area contributed by atoms with E-state index in [1.807, 2.05) is 6.92 Å². The number of aryl methyl sites for hydroxylation is 2. The van der Waals surface area contributed by atoms with Crippen LogP contribution in [-0.4, -0.2) is 21.0 Å². The lowest BCUT2D eigenvalue weighted by Crippen LogP contribution is -2.22. The third-order valence-electron chi connectivity index (χ3n) is 3.01. The lowest BCUT2D eigenvalue weighted by atomic mass is 10.1. The molecule has 0 radical (unpaired) electrons. The van der Waals surface area contributed by atoms with E-state index in [9.17, 15) is 4.79 Å². The quantitative estimate of drug-likeness (QED) is 0.801. The number of amides is 1. The fourth-order valence-electron chi connectivity index (χ4n) is 1.94. The second-order valence-corrected chi connectivity index (χ2v) is 6.07. The second-order valence-electron chi connectivity index (χ2n) is 4.75. The molecule has 1 amide bonds. The lowest BCUT2D eigenvalue weighted by molar-refractivity contribution is 0.0951. The topological polar surface area (TPSA) is 80.9 Å². The average molecular weight is 314 g/mol. The molecule has 3 rings (SSSR count). The van der Waals surface area contributed by atoms with Crippen LogP contribution in [-0.2, 0) is 6.54 Å². The summed E-state index contributed by atoms with van der Waals surface area (Å²) in [6, 6.07) is 7.06. The molecule has 0 bridgehead atoms. The van der Waals surface area contributed by atoms with Crippen LogP contribution in [0, 0.1) is 13.8 Å². The van der Waals surface area contributed by atoms with Crippen LogP contribution >= 0.6 is 11.3 Å². The van der Waals surface area contributed by atoms with E-state index in [1.165, 1.54) is 0 Å². The number of carbonyl (C=O) groups excluding carboxylic acids is 1. The maximum Gasteiger partial charge on any atom is 0.257 e. The molecule has 112 valence electrons. The highest BCUT2D eigenvalue weighted by atomic mass is 32.1. The number of thiazole rings is 1. The number of hydrogen-bond donors (Lipinski definition) is 1. The van der Waals surface area contributed by atoms with Gasteiger partial charge in [0, 0.05) is 22.2 Å². The van der Waals surface area contributed by atoms with Crippen LogP contribution in [0.4, 0.5) is 0 Å². The molecule has 0 fully saturated rings. The van der Waals surface area contributed by atoms with Gasteiger partial charge in [0.15, 0.2) is 5.82 Å². The predicted molar refractivity (Wildman–Crippen MR) is 82.5 cm³/mol. The average Bonchev–Trinajstić information content (AvgIpc) is 3.13. The van der Waals surface area contributed by atoms with Crippen LogP contribution in [0.3, 0.4) is 0 Å². The molecule has 0 saturated heterocycles. The van der Waals surface area contributed by atoms with Crippen molar-refractivity contribution in [2.24, 2.45) is 0 Å². The molecule has 2 aromatic heterocycles. The summed E-state index contributed by atoms with van der Waals surface area (Å²) in [6.45, 7) is 4.18. The zero-order chi connectivity index (χ0) is 15.5. The van der Waals surface area contributed by atoms with Crippen LogP contribution in [0.1, 0.15) is 26.1 Å². The highest BCUT2D eigenvalue weighted by Crippen LogP contribution is 2.17. The van der Waals surface area contributed by atoms with Crippen molar-refractivity contribution >= 4 is 17.2 Å². The molecule has 3 aromatic rings. The van der Waals surface area contributed by atoms with Gasteiger partial charge in [0.05, 0.1) is 11.6 Å². The van der Waals surface area contributed by atoms with E-state index in [0.29, 0.717) is 23.8 Å². The Hall–Kier alpha value is -2.54. The summed E-state index contributed by atoms with van der Waals surface area (Å²) in [5.74, 6) is 0.903. The zero-order valence-electron chi connectivity index (χ0n) is 12.2. The van der Waals surface area contributed by atoms with Crippen molar-refractivity contribution < 1.29 is 9.32 Å². The molecule has 0 saturated carbocycles. The molecule has 1 N–H and O–H groups in total. The third-order valence-corrected chi connectivity index (χ3v) is 3.93. The van der Waals surface area contributed by atoms with Gasteiger partial charge < -0.3 is 9.84 Å². The minimum absolute atomic E-state index is 0.126. The van der Waals surface area contributed by atoms with Crippen molar-refractivity contribution in [3.05, 3.63) is 51.7 Å². The molecular formula is C15H14N4O2S. The standard InChI is InChI=1S/C15H14N4O2S/c1-9-18-15(21-19-9)12-5-3-11(4-6-12)14(20)17-8-13-7-16-10(2)22-13/h3-7H,8H2,1-2H3,(H,17,20). The largest absolute Gasteiger partial charge is 0.347 e. The summed E-state index contributed by atoms with van der Waals surface area (Å²) >= 11 is 1.57. The number of carbonyl (C=O) groups is 1. The van der Waals surface area contributed by atoms with Gasteiger partial charge >= 0.3 is 0 Å². The van der Waals surface area contributed by atoms with E-state index in [0.717, 1.165) is 15.4 Å². The first-order chi connectivity index (χ1) is 10.6. The fraction of sp³-hybridized carbons (Fsp3) is 0.200. The Bertz CT molecular complexity index is 792. The lowest BCUT2D eigenvalue weighted by Gasteiger charge is -2.03. The summed E-state index contributed by atoms with van der Waals surface area (Å²) in [4.78, 5) is 21.4. The van der Waals surface area contributed by atoms with Gasteiger partial charge in [0.2, 0.25) is 0 Å². The van der Waals surface area contributed by atoms with E-state index in [4.69, 9.17) is 4.52 Å². The van der Waals surface area contributed by atoms with Gasteiger partial charge in [-0.05, 0) is 38.1 Å². The van der Waals surface area contributed by atoms with E-state index >= 15 is 0 Å².